The van der Waals surface area contributed by atoms with Gasteiger partial charge >= 0.3 is 0 Å². The number of aromatic nitrogens is 2. The van der Waals surface area contributed by atoms with Crippen LogP contribution in [0.25, 0.3) is 11.3 Å². The summed E-state index contributed by atoms with van der Waals surface area (Å²) in [5, 5.41) is 20.8. The molecule has 1 aromatic heterocycles. The Balaban J connectivity index is 1.98. The lowest BCUT2D eigenvalue weighted by atomic mass is 10.1. The lowest BCUT2D eigenvalue weighted by Crippen LogP contribution is -2.45. The molecule has 0 radical (unpaired) electrons. The Morgan fingerprint density at radius 3 is 2.61 bits per heavy atom. The third kappa shape index (κ3) is 5.06. The summed E-state index contributed by atoms with van der Waals surface area (Å²) in [5.41, 5.74) is 2.33. The Morgan fingerprint density at radius 2 is 2.00 bits per heavy atom. The van der Waals surface area contributed by atoms with Crippen molar-refractivity contribution < 1.29 is 9.84 Å². The number of H-pyrrole nitrogens is 1. The number of aromatic amines is 1. The number of ether oxygens (including phenoxy) is 1. The minimum atomic E-state index is -0.770. The summed E-state index contributed by atoms with van der Waals surface area (Å²) in [6.07, 6.45) is 1.81. The number of hydrogen-bond donors (Lipinski definition) is 3. The van der Waals surface area contributed by atoms with Crippen LogP contribution < -0.4 is 10.1 Å². The molecule has 2 aromatic rings. The van der Waals surface area contributed by atoms with E-state index in [1.807, 2.05) is 56.4 Å². The van der Waals surface area contributed by atoms with Crippen LogP contribution >= 0.6 is 0 Å². The molecular weight excluding hydrogens is 292 g/mol. The molecule has 0 bridgehead atoms. The van der Waals surface area contributed by atoms with E-state index < -0.39 is 5.60 Å². The van der Waals surface area contributed by atoms with Crippen molar-refractivity contribution in [2.75, 3.05) is 34.3 Å². The van der Waals surface area contributed by atoms with E-state index in [9.17, 15) is 5.11 Å². The van der Waals surface area contributed by atoms with Gasteiger partial charge in [-0.3, -0.25) is 5.10 Å². The van der Waals surface area contributed by atoms with Gasteiger partial charge in [0.15, 0.2) is 0 Å². The summed E-state index contributed by atoms with van der Waals surface area (Å²) >= 11 is 0. The molecule has 0 aliphatic rings. The predicted molar refractivity (Wildman–Crippen MR) is 91.5 cm³/mol. The van der Waals surface area contributed by atoms with Gasteiger partial charge in [0.05, 0.1) is 24.6 Å². The second-order valence-corrected chi connectivity index (χ2v) is 6.34. The number of nitrogens with zero attached hydrogens (tertiary/aromatic N) is 2. The van der Waals surface area contributed by atoms with E-state index in [2.05, 4.69) is 15.5 Å². The van der Waals surface area contributed by atoms with Crippen molar-refractivity contribution in [1.82, 2.24) is 20.4 Å². The van der Waals surface area contributed by atoms with Crippen molar-refractivity contribution >= 4 is 0 Å². The number of methoxy groups -OCH3 is 1. The highest BCUT2D eigenvalue weighted by atomic mass is 16.5. The molecule has 0 spiro atoms. The standard InChI is InChI=1S/C17H26N4O2/c1-17(22,12-21(2)3)11-18-9-14-10-19-20-16(14)13-5-7-15(23-4)8-6-13/h5-8,10,18,22H,9,11-12H2,1-4H3,(H,19,20). The van der Waals surface area contributed by atoms with Crippen LogP contribution in [0.2, 0.25) is 0 Å². The lowest BCUT2D eigenvalue weighted by Gasteiger charge is -2.27. The second kappa shape index (κ2) is 7.59. The van der Waals surface area contributed by atoms with Crippen LogP contribution in [-0.4, -0.2) is 60.1 Å². The van der Waals surface area contributed by atoms with E-state index in [-0.39, 0.29) is 0 Å². The zero-order valence-corrected chi connectivity index (χ0v) is 14.3. The number of rotatable bonds is 8. The number of hydrogen-bond acceptors (Lipinski definition) is 5. The van der Waals surface area contributed by atoms with Crippen molar-refractivity contribution in [1.29, 1.82) is 0 Å². The predicted octanol–water partition coefficient (Wildman–Crippen LogP) is 1.49. The van der Waals surface area contributed by atoms with Crippen LogP contribution in [0.15, 0.2) is 30.5 Å². The van der Waals surface area contributed by atoms with Crippen LogP contribution in [0, 0.1) is 0 Å². The summed E-state index contributed by atoms with van der Waals surface area (Å²) in [6.45, 7) is 3.59. The van der Waals surface area contributed by atoms with E-state index in [0.29, 0.717) is 19.6 Å². The third-order valence-electron chi connectivity index (χ3n) is 3.57. The highest BCUT2D eigenvalue weighted by Crippen LogP contribution is 2.23. The number of aliphatic hydroxyl groups is 1. The first-order valence-electron chi connectivity index (χ1n) is 7.66. The Kier molecular flexibility index (Phi) is 5.76. The maximum absolute atomic E-state index is 10.3. The molecule has 1 aromatic carbocycles. The largest absolute Gasteiger partial charge is 0.497 e. The smallest absolute Gasteiger partial charge is 0.118 e. The maximum atomic E-state index is 10.3. The molecule has 1 atom stereocenters. The average molecular weight is 318 g/mol. The Morgan fingerprint density at radius 1 is 1.30 bits per heavy atom. The highest BCUT2D eigenvalue weighted by molar-refractivity contribution is 5.63. The molecule has 2 rings (SSSR count). The first kappa shape index (κ1) is 17.5. The number of likely N-dealkylation sites (N-methyl/N-ethyl adjacent to an activating group) is 1. The molecule has 6 nitrogen and oxygen atoms in total. The molecule has 23 heavy (non-hydrogen) atoms. The van der Waals surface area contributed by atoms with Crippen LogP contribution in [0.1, 0.15) is 12.5 Å². The molecule has 0 saturated heterocycles. The summed E-state index contributed by atoms with van der Waals surface area (Å²) in [6, 6.07) is 7.85. The van der Waals surface area contributed by atoms with Crippen molar-refractivity contribution in [3.63, 3.8) is 0 Å². The van der Waals surface area contributed by atoms with E-state index in [1.165, 1.54) is 0 Å². The monoisotopic (exact) mass is 318 g/mol. The van der Waals surface area contributed by atoms with Gasteiger partial charge in [-0.25, -0.2) is 0 Å². The lowest BCUT2D eigenvalue weighted by molar-refractivity contribution is 0.0336. The topological polar surface area (TPSA) is 73.4 Å². The Labute approximate surface area is 137 Å². The first-order chi connectivity index (χ1) is 10.9. The van der Waals surface area contributed by atoms with Crippen LogP contribution in [-0.2, 0) is 6.54 Å². The van der Waals surface area contributed by atoms with Gasteiger partial charge in [0.25, 0.3) is 0 Å². The van der Waals surface area contributed by atoms with Crippen molar-refractivity contribution in [2.24, 2.45) is 0 Å². The van der Waals surface area contributed by atoms with Crippen molar-refractivity contribution in [3.8, 4) is 17.0 Å². The Hall–Kier alpha value is -1.89. The first-order valence-corrected chi connectivity index (χ1v) is 7.66. The SMILES string of the molecule is COc1ccc(-c2[nH]ncc2CNCC(C)(O)CN(C)C)cc1. The van der Waals surface area contributed by atoms with Gasteiger partial charge < -0.3 is 20.1 Å². The molecule has 1 unspecified atom stereocenters. The van der Waals surface area contributed by atoms with E-state index >= 15 is 0 Å². The zero-order valence-electron chi connectivity index (χ0n) is 14.3. The molecule has 3 N–H and O–H groups in total. The van der Waals surface area contributed by atoms with Gasteiger partial charge in [-0.1, -0.05) is 0 Å². The molecule has 6 heteroatoms. The normalized spacial score (nSPS) is 14.0. The van der Waals surface area contributed by atoms with E-state index in [4.69, 9.17) is 4.74 Å². The summed E-state index contributed by atoms with van der Waals surface area (Å²) in [5.74, 6) is 0.827. The van der Waals surface area contributed by atoms with Gasteiger partial charge in [0, 0.05) is 30.8 Å². The summed E-state index contributed by atoms with van der Waals surface area (Å²) in [4.78, 5) is 1.97. The van der Waals surface area contributed by atoms with Gasteiger partial charge in [0.1, 0.15) is 5.75 Å². The second-order valence-electron chi connectivity index (χ2n) is 6.34. The van der Waals surface area contributed by atoms with Gasteiger partial charge in [-0.2, -0.15) is 5.10 Å². The molecule has 0 saturated carbocycles. The fraction of sp³-hybridized carbons (Fsp3) is 0.471. The fourth-order valence-corrected chi connectivity index (χ4v) is 2.66. The van der Waals surface area contributed by atoms with E-state index in [1.54, 1.807) is 7.11 Å². The maximum Gasteiger partial charge on any atom is 0.118 e. The van der Waals surface area contributed by atoms with Crippen LogP contribution in [0.5, 0.6) is 5.75 Å². The summed E-state index contributed by atoms with van der Waals surface area (Å²) < 4.78 is 5.18. The van der Waals surface area contributed by atoms with Gasteiger partial charge in [-0.05, 0) is 45.3 Å². The van der Waals surface area contributed by atoms with Gasteiger partial charge in [0.2, 0.25) is 0 Å². The Bertz CT molecular complexity index is 605. The van der Waals surface area contributed by atoms with Crippen LogP contribution in [0.4, 0.5) is 0 Å². The molecule has 1 heterocycles. The van der Waals surface area contributed by atoms with Crippen molar-refractivity contribution in [2.45, 2.75) is 19.1 Å². The van der Waals surface area contributed by atoms with Crippen LogP contribution in [0.3, 0.4) is 0 Å². The molecule has 0 fully saturated rings. The molecule has 126 valence electrons. The number of benzene rings is 1. The fourth-order valence-electron chi connectivity index (χ4n) is 2.66. The molecule has 0 aliphatic heterocycles. The zero-order chi connectivity index (χ0) is 16.9. The third-order valence-corrected chi connectivity index (χ3v) is 3.57. The molecule has 0 aliphatic carbocycles. The van der Waals surface area contributed by atoms with E-state index in [0.717, 1.165) is 22.6 Å². The highest BCUT2D eigenvalue weighted by Gasteiger charge is 2.21. The van der Waals surface area contributed by atoms with Crippen molar-refractivity contribution in [3.05, 3.63) is 36.0 Å². The average Bonchev–Trinajstić information content (AvgIpc) is 2.94. The minimum Gasteiger partial charge on any atom is -0.497 e. The molecule has 0 amide bonds. The summed E-state index contributed by atoms with van der Waals surface area (Å²) in [7, 11) is 5.55. The molecular formula is C17H26N4O2. The minimum absolute atomic E-state index is 0.512. The quantitative estimate of drug-likeness (QED) is 0.688. The number of nitrogens with one attached hydrogen (secondary N) is 2. The van der Waals surface area contributed by atoms with Gasteiger partial charge in [-0.15, -0.1) is 0 Å².